The second-order valence-corrected chi connectivity index (χ2v) is 8.89. The number of rotatable bonds is 2. The zero-order valence-corrected chi connectivity index (χ0v) is 16.1. The molecule has 27 heavy (non-hydrogen) atoms. The van der Waals surface area contributed by atoms with Crippen LogP contribution in [0.1, 0.15) is 28.4 Å². The van der Waals surface area contributed by atoms with Crippen LogP contribution in [-0.2, 0) is 17.6 Å². The van der Waals surface area contributed by atoms with Crippen LogP contribution in [0.5, 0.6) is 0 Å². The number of aryl methyl sites for hydroxylation is 3. The van der Waals surface area contributed by atoms with Crippen molar-refractivity contribution < 1.29 is 14.1 Å². The van der Waals surface area contributed by atoms with Gasteiger partial charge >= 0.3 is 6.03 Å². The number of aromatic nitrogens is 2. The summed E-state index contributed by atoms with van der Waals surface area (Å²) in [5.41, 5.74) is 2.60. The summed E-state index contributed by atoms with van der Waals surface area (Å²) in [6.07, 6.45) is 2.41. The minimum Gasteiger partial charge on any atom is -0.361 e. The van der Waals surface area contributed by atoms with Gasteiger partial charge in [-0.25, -0.2) is 9.78 Å². The van der Waals surface area contributed by atoms with Gasteiger partial charge in [0.05, 0.1) is 22.5 Å². The molecular weight excluding hydrogens is 366 g/mol. The van der Waals surface area contributed by atoms with E-state index < -0.39 is 0 Å². The van der Waals surface area contributed by atoms with E-state index in [1.165, 1.54) is 4.88 Å². The maximum atomic E-state index is 12.9. The Hall–Kier alpha value is -2.42. The molecule has 1 unspecified atom stereocenters. The van der Waals surface area contributed by atoms with Crippen molar-refractivity contribution in [2.24, 2.45) is 5.92 Å². The number of nitrogens with one attached hydrogen (secondary N) is 2. The first-order valence-electron chi connectivity index (χ1n) is 9.21. The topological polar surface area (TPSA) is 100 Å². The Morgan fingerprint density at radius 2 is 2.19 bits per heavy atom. The first-order valence-corrected chi connectivity index (χ1v) is 10.0. The molecule has 0 radical (unpaired) electrons. The van der Waals surface area contributed by atoms with Crippen molar-refractivity contribution in [1.82, 2.24) is 25.7 Å². The van der Waals surface area contributed by atoms with E-state index in [1.54, 1.807) is 11.3 Å². The molecule has 1 spiro atoms. The molecule has 0 bridgehead atoms. The smallest absolute Gasteiger partial charge is 0.315 e. The molecule has 3 aliphatic rings. The van der Waals surface area contributed by atoms with Gasteiger partial charge in [-0.15, -0.1) is 11.3 Å². The average molecular weight is 387 g/mol. The Morgan fingerprint density at radius 3 is 2.85 bits per heavy atom. The SMILES string of the molecule is Cc1noc(C)c1-c1nc2c(s1)CCC(C(=O)N1CC3(CNC(=O)N3)C1)C2. The second kappa shape index (κ2) is 5.79. The lowest BCUT2D eigenvalue weighted by atomic mass is 9.85. The van der Waals surface area contributed by atoms with E-state index in [4.69, 9.17) is 9.51 Å². The van der Waals surface area contributed by atoms with Gasteiger partial charge in [-0.3, -0.25) is 4.79 Å². The van der Waals surface area contributed by atoms with Crippen molar-refractivity contribution in [3.63, 3.8) is 0 Å². The molecule has 1 atom stereocenters. The second-order valence-electron chi connectivity index (χ2n) is 7.81. The van der Waals surface area contributed by atoms with Crippen molar-refractivity contribution in [2.75, 3.05) is 19.6 Å². The highest BCUT2D eigenvalue weighted by atomic mass is 32.1. The van der Waals surface area contributed by atoms with Crippen molar-refractivity contribution in [3.8, 4) is 10.6 Å². The van der Waals surface area contributed by atoms with Crippen LogP contribution in [-0.4, -0.2) is 52.2 Å². The molecule has 2 aromatic rings. The molecule has 2 fully saturated rings. The number of carbonyl (C=O) groups excluding carboxylic acids is 2. The molecule has 142 valence electrons. The molecule has 0 saturated carbocycles. The van der Waals surface area contributed by atoms with Gasteiger partial charge in [0.15, 0.2) is 0 Å². The fourth-order valence-electron chi connectivity index (χ4n) is 4.35. The first kappa shape index (κ1) is 16.7. The normalized spacial score (nSPS) is 23.0. The number of hydrogen-bond donors (Lipinski definition) is 2. The van der Waals surface area contributed by atoms with Crippen molar-refractivity contribution in [3.05, 3.63) is 22.0 Å². The third-order valence-corrected chi connectivity index (χ3v) is 6.97. The van der Waals surface area contributed by atoms with E-state index in [-0.39, 0.29) is 23.4 Å². The van der Waals surface area contributed by atoms with E-state index in [1.807, 2.05) is 18.7 Å². The van der Waals surface area contributed by atoms with Crippen LogP contribution in [0.3, 0.4) is 0 Å². The van der Waals surface area contributed by atoms with E-state index in [0.717, 1.165) is 40.6 Å². The number of likely N-dealkylation sites (tertiary alicyclic amines) is 1. The summed E-state index contributed by atoms with van der Waals surface area (Å²) in [6.45, 7) is 5.61. The average Bonchev–Trinajstić information content (AvgIpc) is 3.29. The number of hydrogen-bond acceptors (Lipinski definition) is 6. The van der Waals surface area contributed by atoms with Gasteiger partial charge in [0, 0.05) is 36.9 Å². The molecule has 9 heteroatoms. The molecule has 3 amide bonds. The number of carbonyl (C=O) groups is 2. The Bertz CT molecular complexity index is 923. The first-order chi connectivity index (χ1) is 12.9. The number of fused-ring (bicyclic) bond motifs is 1. The van der Waals surface area contributed by atoms with Gasteiger partial charge < -0.3 is 20.1 Å². The van der Waals surface area contributed by atoms with E-state index in [9.17, 15) is 9.59 Å². The summed E-state index contributed by atoms with van der Waals surface area (Å²) in [5, 5.41) is 10.7. The maximum absolute atomic E-state index is 12.9. The Morgan fingerprint density at radius 1 is 1.37 bits per heavy atom. The van der Waals surface area contributed by atoms with E-state index in [0.29, 0.717) is 26.1 Å². The largest absolute Gasteiger partial charge is 0.361 e. The van der Waals surface area contributed by atoms with E-state index >= 15 is 0 Å². The number of thiazole rings is 1. The fraction of sp³-hybridized carbons (Fsp3) is 0.556. The molecule has 2 N–H and O–H groups in total. The number of nitrogens with zero attached hydrogens (tertiary/aromatic N) is 3. The molecule has 2 aromatic heterocycles. The monoisotopic (exact) mass is 387 g/mol. The molecule has 4 heterocycles. The highest BCUT2D eigenvalue weighted by Gasteiger charge is 2.50. The summed E-state index contributed by atoms with van der Waals surface area (Å²) in [5.74, 6) is 0.933. The highest BCUT2D eigenvalue weighted by molar-refractivity contribution is 7.15. The Kier molecular flexibility index (Phi) is 3.59. The van der Waals surface area contributed by atoms with Gasteiger partial charge in [-0.05, 0) is 26.7 Å². The van der Waals surface area contributed by atoms with Crippen molar-refractivity contribution in [1.29, 1.82) is 0 Å². The highest BCUT2D eigenvalue weighted by Crippen LogP contribution is 2.38. The number of amides is 3. The lowest BCUT2D eigenvalue weighted by Gasteiger charge is -2.48. The summed E-state index contributed by atoms with van der Waals surface area (Å²) in [6, 6.07) is -0.140. The Balaban J connectivity index is 1.29. The predicted octanol–water partition coefficient (Wildman–Crippen LogP) is 1.41. The van der Waals surface area contributed by atoms with Gasteiger partial charge in [-0.2, -0.15) is 0 Å². The summed E-state index contributed by atoms with van der Waals surface area (Å²) >= 11 is 1.69. The Labute approximate surface area is 160 Å². The summed E-state index contributed by atoms with van der Waals surface area (Å²) in [7, 11) is 0. The maximum Gasteiger partial charge on any atom is 0.315 e. The van der Waals surface area contributed by atoms with Crippen LogP contribution in [0, 0.1) is 19.8 Å². The lowest BCUT2D eigenvalue weighted by Crippen LogP contribution is -2.70. The van der Waals surface area contributed by atoms with Crippen LogP contribution >= 0.6 is 11.3 Å². The molecule has 1 aliphatic carbocycles. The van der Waals surface area contributed by atoms with Gasteiger partial charge in [0.1, 0.15) is 10.8 Å². The van der Waals surface area contributed by atoms with E-state index in [2.05, 4.69) is 15.8 Å². The lowest BCUT2D eigenvalue weighted by molar-refractivity contribution is -0.143. The predicted molar refractivity (Wildman–Crippen MR) is 98.4 cm³/mol. The van der Waals surface area contributed by atoms with Crippen LogP contribution in [0.15, 0.2) is 4.52 Å². The molecule has 0 aromatic carbocycles. The minimum atomic E-state index is -0.260. The molecule has 8 nitrogen and oxygen atoms in total. The zero-order valence-electron chi connectivity index (χ0n) is 15.3. The summed E-state index contributed by atoms with van der Waals surface area (Å²) < 4.78 is 5.27. The van der Waals surface area contributed by atoms with Crippen molar-refractivity contribution >= 4 is 23.3 Å². The quantitative estimate of drug-likeness (QED) is 0.812. The van der Waals surface area contributed by atoms with Gasteiger partial charge in [0.2, 0.25) is 5.91 Å². The molecule has 2 aliphatic heterocycles. The van der Waals surface area contributed by atoms with Gasteiger partial charge in [-0.1, -0.05) is 5.16 Å². The van der Waals surface area contributed by atoms with Crippen LogP contribution in [0.25, 0.3) is 10.6 Å². The standard InChI is InChI=1S/C18H21N5O3S/c1-9-14(10(2)26-22-9)15-20-12-5-11(3-4-13(12)27-15)16(24)23-7-18(8-23)6-19-17(25)21-18/h11H,3-8H2,1-2H3,(H2,19,21,25). The minimum absolute atomic E-state index is 0.0282. The molecule has 5 rings (SSSR count). The third kappa shape index (κ3) is 2.63. The summed E-state index contributed by atoms with van der Waals surface area (Å²) in [4.78, 5) is 32.2. The van der Waals surface area contributed by atoms with Gasteiger partial charge in [0.25, 0.3) is 0 Å². The molecular formula is C18H21N5O3S. The number of urea groups is 1. The molecule has 2 saturated heterocycles. The van der Waals surface area contributed by atoms with Crippen LogP contribution in [0.2, 0.25) is 0 Å². The van der Waals surface area contributed by atoms with Crippen molar-refractivity contribution in [2.45, 2.75) is 38.6 Å². The third-order valence-electron chi connectivity index (χ3n) is 5.80. The fourth-order valence-corrected chi connectivity index (χ4v) is 5.60. The van der Waals surface area contributed by atoms with Crippen LogP contribution < -0.4 is 10.6 Å². The zero-order chi connectivity index (χ0) is 18.8. The van der Waals surface area contributed by atoms with Crippen LogP contribution in [0.4, 0.5) is 4.79 Å².